The van der Waals surface area contributed by atoms with Gasteiger partial charge in [-0.05, 0) is 37.3 Å². The van der Waals surface area contributed by atoms with Crippen LogP contribution in [0.2, 0.25) is 5.02 Å². The average Bonchev–Trinajstić information content (AvgIpc) is 2.57. The van der Waals surface area contributed by atoms with Crippen LogP contribution in [-0.2, 0) is 0 Å². The van der Waals surface area contributed by atoms with Gasteiger partial charge < -0.3 is 1.43 Å². The molecule has 0 fully saturated rings. The van der Waals surface area contributed by atoms with E-state index in [0.717, 1.165) is 14.8 Å². The van der Waals surface area contributed by atoms with Crippen LogP contribution in [-0.4, -0.2) is 0 Å². The number of aryl methyl sites for hydroxylation is 1. The van der Waals surface area contributed by atoms with E-state index in [9.17, 15) is 4.79 Å². The Hall–Kier alpha value is -1.16. The molecule has 4 aromatic rings. The van der Waals surface area contributed by atoms with Crippen LogP contribution < -0.4 is 35.0 Å². The van der Waals surface area contributed by atoms with E-state index >= 15 is 0 Å². The van der Waals surface area contributed by atoms with E-state index in [2.05, 4.69) is 19.1 Å². The van der Waals surface area contributed by atoms with E-state index in [-0.39, 0.29) is 36.4 Å². The first-order valence-electron chi connectivity index (χ1n) is 7.28. The van der Waals surface area contributed by atoms with Gasteiger partial charge in [-0.3, -0.25) is 4.79 Å². The van der Waals surface area contributed by atoms with E-state index in [4.69, 9.17) is 11.6 Å². The Morgan fingerprint density at radius 1 is 0.833 bits per heavy atom. The Morgan fingerprint density at radius 3 is 2.12 bits per heavy atom. The van der Waals surface area contributed by atoms with Crippen molar-refractivity contribution in [3.05, 3.63) is 93.6 Å². The maximum Gasteiger partial charge on any atom is 1.00 e. The summed E-state index contributed by atoms with van der Waals surface area (Å²) in [7, 11) is 0. The molecule has 1 nitrogen and oxygen atoms in total. The second-order valence-corrected chi connectivity index (χ2v) is 6.74. The molecular weight excluding hydrogens is 347 g/mol. The van der Waals surface area contributed by atoms with Crippen molar-refractivity contribution < 1.29 is 31.0 Å². The van der Waals surface area contributed by atoms with Crippen molar-refractivity contribution in [2.75, 3.05) is 0 Å². The summed E-state index contributed by atoms with van der Waals surface area (Å²) in [5.41, 5.74) is 1.38. The Labute approximate surface area is 173 Å². The van der Waals surface area contributed by atoms with Crippen LogP contribution in [0.1, 0.15) is 6.99 Å². The third-order valence-corrected chi connectivity index (χ3v) is 4.87. The number of hydrogen-bond acceptors (Lipinski definition) is 2. The predicted molar refractivity (Wildman–Crippen MR) is 103 cm³/mol. The van der Waals surface area contributed by atoms with Gasteiger partial charge in [-0.2, -0.15) is 0 Å². The molecule has 0 N–H and O–H groups in total. The molecular formula is C20H16ClNaOS. The minimum Gasteiger partial charge on any atom is -1.00 e. The summed E-state index contributed by atoms with van der Waals surface area (Å²) in [4.78, 5) is 12.2. The summed E-state index contributed by atoms with van der Waals surface area (Å²) >= 11 is 7.52. The second kappa shape index (κ2) is 8.80. The number of halogens is 1. The van der Waals surface area contributed by atoms with Gasteiger partial charge >= 0.3 is 29.6 Å². The van der Waals surface area contributed by atoms with Gasteiger partial charge in [0, 0.05) is 25.2 Å². The molecule has 0 spiro atoms. The van der Waals surface area contributed by atoms with Gasteiger partial charge in [-0.15, -0.1) is 11.3 Å². The fourth-order valence-electron chi connectivity index (χ4n) is 2.31. The molecule has 24 heavy (non-hydrogen) atoms. The Balaban J connectivity index is 0.000000299. The molecule has 0 saturated heterocycles. The van der Waals surface area contributed by atoms with Crippen LogP contribution in [0.4, 0.5) is 0 Å². The summed E-state index contributed by atoms with van der Waals surface area (Å²) in [6, 6.07) is 23.4. The number of benzene rings is 3. The third-order valence-electron chi connectivity index (χ3n) is 3.48. The molecule has 0 aliphatic carbocycles. The summed E-state index contributed by atoms with van der Waals surface area (Å²) in [6.45, 7) is 2.08. The summed E-state index contributed by atoms with van der Waals surface area (Å²) < 4.78 is 2.00. The van der Waals surface area contributed by atoms with Gasteiger partial charge in [0.15, 0.2) is 5.43 Å². The van der Waals surface area contributed by atoms with Gasteiger partial charge in [-0.25, -0.2) is 0 Å². The zero-order valence-corrected chi connectivity index (χ0v) is 17.2. The summed E-state index contributed by atoms with van der Waals surface area (Å²) in [5, 5.41) is 2.07. The molecule has 0 saturated carbocycles. The van der Waals surface area contributed by atoms with Gasteiger partial charge in [0.25, 0.3) is 0 Å². The van der Waals surface area contributed by atoms with Gasteiger partial charge in [0.1, 0.15) is 0 Å². The van der Waals surface area contributed by atoms with Crippen LogP contribution in [0.5, 0.6) is 0 Å². The van der Waals surface area contributed by atoms with E-state index in [1.807, 2.05) is 54.6 Å². The normalized spacial score (nSPS) is 9.92. The SMILES string of the molecule is Cc1ccccc1.O=c1c2ccccc2sc2ccc(Cl)cc12.[H-].[Na+]. The van der Waals surface area contributed by atoms with Crippen LogP contribution in [0, 0.1) is 6.92 Å². The van der Waals surface area contributed by atoms with Crippen LogP contribution >= 0.6 is 22.9 Å². The minimum absolute atomic E-state index is 0. The minimum atomic E-state index is 0. The quantitative estimate of drug-likeness (QED) is 0.347. The molecule has 0 aliphatic rings. The fourth-order valence-corrected chi connectivity index (χ4v) is 3.53. The molecule has 0 aliphatic heterocycles. The molecule has 0 amide bonds. The standard InChI is InChI=1S/C13H7ClOS.C7H8.Na.H/c14-8-5-6-12-10(7-8)13(15)9-3-1-2-4-11(9)16-12;1-7-5-3-2-4-6-7;;/h1-7H;2-6H,1H3;;/q;;+1;-1. The number of rotatable bonds is 0. The van der Waals surface area contributed by atoms with Gasteiger partial charge in [-0.1, -0.05) is 59.6 Å². The second-order valence-electron chi connectivity index (χ2n) is 5.22. The predicted octanol–water partition coefficient (Wildman–Crippen LogP) is 3.18. The molecule has 4 heteroatoms. The first kappa shape index (κ1) is 19.2. The number of fused-ring (bicyclic) bond motifs is 2. The van der Waals surface area contributed by atoms with Crippen molar-refractivity contribution in [1.82, 2.24) is 0 Å². The largest absolute Gasteiger partial charge is 1.00 e. The van der Waals surface area contributed by atoms with Crippen LogP contribution in [0.3, 0.4) is 0 Å². The van der Waals surface area contributed by atoms with E-state index in [1.54, 1.807) is 17.4 Å². The van der Waals surface area contributed by atoms with Crippen LogP contribution in [0.25, 0.3) is 20.2 Å². The molecule has 0 bridgehead atoms. The van der Waals surface area contributed by atoms with Crippen molar-refractivity contribution in [2.24, 2.45) is 0 Å². The molecule has 1 heterocycles. The van der Waals surface area contributed by atoms with Crippen molar-refractivity contribution >= 4 is 43.1 Å². The van der Waals surface area contributed by atoms with Crippen molar-refractivity contribution in [2.45, 2.75) is 6.92 Å². The molecule has 1 aromatic heterocycles. The van der Waals surface area contributed by atoms with Crippen molar-refractivity contribution in [3.8, 4) is 0 Å². The average molecular weight is 363 g/mol. The maximum absolute atomic E-state index is 12.2. The van der Waals surface area contributed by atoms with Gasteiger partial charge in [0.2, 0.25) is 0 Å². The Bertz CT molecular complexity index is 1020. The molecule has 0 atom stereocenters. The summed E-state index contributed by atoms with van der Waals surface area (Å²) in [5.74, 6) is 0. The molecule has 4 rings (SSSR count). The molecule has 0 radical (unpaired) electrons. The van der Waals surface area contributed by atoms with Crippen molar-refractivity contribution in [1.29, 1.82) is 0 Å². The zero-order chi connectivity index (χ0) is 16.2. The fraction of sp³-hybridized carbons (Fsp3) is 0.0500. The molecule has 0 unspecified atom stereocenters. The van der Waals surface area contributed by atoms with E-state index in [0.29, 0.717) is 10.4 Å². The maximum atomic E-state index is 12.2. The Kier molecular flexibility index (Phi) is 7.02. The van der Waals surface area contributed by atoms with E-state index < -0.39 is 0 Å². The first-order chi connectivity index (χ1) is 11.1. The topological polar surface area (TPSA) is 17.1 Å². The monoisotopic (exact) mass is 362 g/mol. The van der Waals surface area contributed by atoms with E-state index in [1.165, 1.54) is 5.56 Å². The smallest absolute Gasteiger partial charge is 1.00 e. The third kappa shape index (κ3) is 4.47. The molecule has 116 valence electrons. The molecule has 3 aromatic carbocycles. The van der Waals surface area contributed by atoms with Crippen molar-refractivity contribution in [3.63, 3.8) is 0 Å². The zero-order valence-electron chi connectivity index (χ0n) is 14.6. The Morgan fingerprint density at radius 2 is 1.46 bits per heavy atom. The number of hydrogen-bond donors (Lipinski definition) is 0. The van der Waals surface area contributed by atoms with Gasteiger partial charge in [0.05, 0.1) is 0 Å². The van der Waals surface area contributed by atoms with Crippen LogP contribution in [0.15, 0.2) is 77.6 Å². The first-order valence-corrected chi connectivity index (χ1v) is 8.47. The summed E-state index contributed by atoms with van der Waals surface area (Å²) in [6.07, 6.45) is 0.